The second kappa shape index (κ2) is 6.64. The van der Waals surface area contributed by atoms with E-state index in [2.05, 4.69) is 5.32 Å². The zero-order valence-corrected chi connectivity index (χ0v) is 13.2. The summed E-state index contributed by atoms with van der Waals surface area (Å²) in [6.07, 6.45) is 0.208. The predicted octanol–water partition coefficient (Wildman–Crippen LogP) is 2.43. The number of hydrogen-bond acceptors (Lipinski definition) is 3. The second-order valence-electron chi connectivity index (χ2n) is 5.74. The smallest absolute Gasteiger partial charge is 0.337 e. The summed E-state index contributed by atoms with van der Waals surface area (Å²) in [5.74, 6) is -2.27. The Bertz CT molecular complexity index is 849. The third kappa shape index (κ3) is 3.30. The van der Waals surface area contributed by atoms with Crippen molar-refractivity contribution >= 4 is 23.7 Å². The van der Waals surface area contributed by atoms with Crippen LogP contribution in [0.15, 0.2) is 48.5 Å². The lowest BCUT2D eigenvalue weighted by atomic mass is 9.94. The minimum Gasteiger partial charge on any atom is -0.480 e. The van der Waals surface area contributed by atoms with Crippen LogP contribution in [0, 0.1) is 0 Å². The number of aliphatic carboxylic acids is 1. The Labute approximate surface area is 143 Å². The van der Waals surface area contributed by atoms with E-state index >= 15 is 0 Å². The highest BCUT2D eigenvalue weighted by atomic mass is 16.4. The average molecular weight is 340 g/mol. The largest absolute Gasteiger partial charge is 0.480 e. The third-order valence-electron chi connectivity index (χ3n) is 4.19. The summed E-state index contributed by atoms with van der Waals surface area (Å²) in [5, 5.41) is 21.2. The highest BCUT2D eigenvalue weighted by Crippen LogP contribution is 2.25. The Morgan fingerprint density at radius 2 is 1.60 bits per heavy atom. The number of nitrogens with zero attached hydrogens (tertiary/aromatic N) is 1. The van der Waals surface area contributed by atoms with Gasteiger partial charge in [0.25, 0.3) is 0 Å². The molecule has 0 aliphatic carbocycles. The number of carbonyl (C=O) groups is 3. The Hall–Kier alpha value is -3.35. The summed E-state index contributed by atoms with van der Waals surface area (Å²) < 4.78 is 0. The molecule has 0 aromatic heterocycles. The van der Waals surface area contributed by atoms with E-state index in [4.69, 9.17) is 0 Å². The standard InChI is InChI=1S/C18H16N2O5/c21-16(22)13-7-3-4-8-14(13)19-18(25)20-10-12-6-2-1-5-11(12)9-15(20)17(23)24/h1-8,15H,9-10H2,(H,19,25)(H,21,22)(H,23,24). The molecule has 0 fully saturated rings. The highest BCUT2D eigenvalue weighted by Gasteiger charge is 2.34. The summed E-state index contributed by atoms with van der Waals surface area (Å²) in [4.78, 5) is 36.7. The molecular weight excluding hydrogens is 324 g/mol. The van der Waals surface area contributed by atoms with Gasteiger partial charge < -0.3 is 20.4 Å². The molecule has 25 heavy (non-hydrogen) atoms. The van der Waals surface area contributed by atoms with Crippen LogP contribution in [0.1, 0.15) is 21.5 Å². The first-order chi connectivity index (χ1) is 12.0. The molecule has 7 heteroatoms. The van der Waals surface area contributed by atoms with Crippen LogP contribution in [0.2, 0.25) is 0 Å². The zero-order chi connectivity index (χ0) is 18.0. The number of carboxylic acids is 2. The quantitative estimate of drug-likeness (QED) is 0.795. The van der Waals surface area contributed by atoms with Gasteiger partial charge in [0.15, 0.2) is 0 Å². The lowest BCUT2D eigenvalue weighted by Crippen LogP contribution is -2.50. The molecule has 1 aliphatic rings. The van der Waals surface area contributed by atoms with Gasteiger partial charge in [0.1, 0.15) is 6.04 Å². The van der Waals surface area contributed by atoms with Crippen molar-refractivity contribution < 1.29 is 24.6 Å². The minimum absolute atomic E-state index is 0.0554. The Morgan fingerprint density at radius 3 is 2.28 bits per heavy atom. The lowest BCUT2D eigenvalue weighted by Gasteiger charge is -2.34. The van der Waals surface area contributed by atoms with Crippen LogP contribution < -0.4 is 5.32 Å². The van der Waals surface area contributed by atoms with E-state index in [-0.39, 0.29) is 24.2 Å². The number of benzene rings is 2. The van der Waals surface area contributed by atoms with Crippen LogP contribution in [0.25, 0.3) is 0 Å². The Morgan fingerprint density at radius 1 is 0.960 bits per heavy atom. The summed E-state index contributed by atoms with van der Waals surface area (Å²) in [7, 11) is 0. The highest BCUT2D eigenvalue weighted by molar-refractivity contribution is 6.00. The molecule has 0 spiro atoms. The van der Waals surface area contributed by atoms with Crippen LogP contribution in [0.5, 0.6) is 0 Å². The number of nitrogens with one attached hydrogen (secondary N) is 1. The number of fused-ring (bicyclic) bond motifs is 1. The molecule has 2 aromatic carbocycles. The van der Waals surface area contributed by atoms with Gasteiger partial charge in [0.2, 0.25) is 0 Å². The van der Waals surface area contributed by atoms with E-state index in [0.717, 1.165) is 11.1 Å². The first kappa shape index (κ1) is 16.5. The van der Waals surface area contributed by atoms with E-state index in [1.165, 1.54) is 17.0 Å². The van der Waals surface area contributed by atoms with E-state index in [9.17, 15) is 24.6 Å². The number of hydrogen-bond donors (Lipinski definition) is 3. The molecule has 2 aromatic rings. The summed E-state index contributed by atoms with van der Waals surface area (Å²) in [6.45, 7) is 0.147. The van der Waals surface area contributed by atoms with Gasteiger partial charge in [-0.25, -0.2) is 14.4 Å². The van der Waals surface area contributed by atoms with E-state index in [1.807, 2.05) is 24.3 Å². The molecular formula is C18H16N2O5. The molecule has 1 aliphatic heterocycles. The fourth-order valence-corrected chi connectivity index (χ4v) is 2.92. The lowest BCUT2D eigenvalue weighted by molar-refractivity contribution is -0.142. The summed E-state index contributed by atoms with van der Waals surface area (Å²) in [5.41, 5.74) is 1.84. The predicted molar refractivity (Wildman–Crippen MR) is 89.5 cm³/mol. The van der Waals surface area contributed by atoms with Gasteiger partial charge in [-0.3, -0.25) is 0 Å². The number of urea groups is 1. The van der Waals surface area contributed by atoms with Crippen LogP contribution in [-0.4, -0.2) is 39.1 Å². The molecule has 1 heterocycles. The number of carboxylic acid groups (broad SMARTS) is 2. The minimum atomic E-state index is -1.17. The van der Waals surface area contributed by atoms with Crippen molar-refractivity contribution in [2.24, 2.45) is 0 Å². The van der Waals surface area contributed by atoms with Crippen molar-refractivity contribution in [3.8, 4) is 0 Å². The van der Waals surface area contributed by atoms with E-state index in [1.54, 1.807) is 12.1 Å². The molecule has 2 amide bonds. The Balaban J connectivity index is 1.88. The van der Waals surface area contributed by atoms with Gasteiger partial charge in [-0.05, 0) is 23.3 Å². The summed E-state index contributed by atoms with van der Waals surface area (Å²) in [6, 6.07) is 11.7. The molecule has 0 bridgehead atoms. The van der Waals surface area contributed by atoms with Crippen molar-refractivity contribution in [2.75, 3.05) is 5.32 Å². The van der Waals surface area contributed by atoms with Crippen LogP contribution in [-0.2, 0) is 17.8 Å². The van der Waals surface area contributed by atoms with Crippen molar-refractivity contribution in [3.05, 3.63) is 65.2 Å². The van der Waals surface area contributed by atoms with E-state index < -0.39 is 24.0 Å². The number of rotatable bonds is 3. The topological polar surface area (TPSA) is 107 Å². The monoisotopic (exact) mass is 340 g/mol. The van der Waals surface area contributed by atoms with Crippen LogP contribution in [0.3, 0.4) is 0 Å². The normalized spacial score (nSPS) is 16.0. The maximum atomic E-state index is 12.6. The third-order valence-corrected chi connectivity index (χ3v) is 4.19. The fourth-order valence-electron chi connectivity index (χ4n) is 2.92. The Kier molecular flexibility index (Phi) is 4.38. The number of aromatic carboxylic acids is 1. The molecule has 0 radical (unpaired) electrons. The van der Waals surface area contributed by atoms with Gasteiger partial charge in [0, 0.05) is 13.0 Å². The first-order valence-corrected chi connectivity index (χ1v) is 7.67. The second-order valence-corrected chi connectivity index (χ2v) is 5.74. The van der Waals surface area contributed by atoms with Crippen molar-refractivity contribution in [1.82, 2.24) is 4.90 Å². The van der Waals surface area contributed by atoms with Gasteiger partial charge in [-0.1, -0.05) is 36.4 Å². The molecule has 0 saturated carbocycles. The number of para-hydroxylation sites is 1. The van der Waals surface area contributed by atoms with Gasteiger partial charge in [-0.2, -0.15) is 0 Å². The number of amides is 2. The fraction of sp³-hybridized carbons (Fsp3) is 0.167. The number of carbonyl (C=O) groups excluding carboxylic acids is 1. The first-order valence-electron chi connectivity index (χ1n) is 7.67. The maximum absolute atomic E-state index is 12.6. The average Bonchev–Trinajstić information content (AvgIpc) is 2.60. The summed E-state index contributed by atoms with van der Waals surface area (Å²) >= 11 is 0. The molecule has 3 N–H and O–H groups in total. The van der Waals surface area contributed by atoms with Gasteiger partial charge in [0.05, 0.1) is 11.3 Å². The van der Waals surface area contributed by atoms with Crippen LogP contribution >= 0.6 is 0 Å². The molecule has 0 saturated heterocycles. The van der Waals surface area contributed by atoms with Crippen molar-refractivity contribution in [1.29, 1.82) is 0 Å². The van der Waals surface area contributed by atoms with Crippen molar-refractivity contribution in [3.63, 3.8) is 0 Å². The van der Waals surface area contributed by atoms with Gasteiger partial charge in [-0.15, -0.1) is 0 Å². The molecule has 1 atom stereocenters. The molecule has 1 unspecified atom stereocenters. The molecule has 7 nitrogen and oxygen atoms in total. The maximum Gasteiger partial charge on any atom is 0.337 e. The van der Waals surface area contributed by atoms with Crippen molar-refractivity contribution in [2.45, 2.75) is 19.0 Å². The molecule has 128 valence electrons. The van der Waals surface area contributed by atoms with Crippen LogP contribution in [0.4, 0.5) is 10.5 Å². The SMILES string of the molecule is O=C(O)c1ccccc1NC(=O)N1Cc2ccccc2CC1C(=O)O. The van der Waals surface area contributed by atoms with Gasteiger partial charge >= 0.3 is 18.0 Å². The zero-order valence-electron chi connectivity index (χ0n) is 13.2. The number of anilines is 1. The molecule has 3 rings (SSSR count). The van der Waals surface area contributed by atoms with E-state index in [0.29, 0.717) is 0 Å².